The average Bonchev–Trinajstić information content (AvgIpc) is 3.37. The zero-order valence-corrected chi connectivity index (χ0v) is 23.2. The first-order valence-electron chi connectivity index (χ1n) is 13.8. The quantitative estimate of drug-likeness (QED) is 0.427. The van der Waals surface area contributed by atoms with Crippen LogP contribution in [0.5, 0.6) is 5.75 Å². The number of hydrogen-bond donors (Lipinski definition) is 3. The molecule has 4 heterocycles. The highest BCUT2D eigenvalue weighted by Gasteiger charge is 2.69. The van der Waals surface area contributed by atoms with Gasteiger partial charge in [0.2, 0.25) is 17.7 Å². The normalized spacial score (nSPS) is 29.2. The van der Waals surface area contributed by atoms with Gasteiger partial charge in [0.05, 0.1) is 24.8 Å². The lowest BCUT2D eigenvalue weighted by molar-refractivity contribution is -0.144. The van der Waals surface area contributed by atoms with Gasteiger partial charge in [0.1, 0.15) is 29.6 Å². The van der Waals surface area contributed by atoms with Crippen molar-refractivity contribution < 1.29 is 28.7 Å². The molecule has 1 aromatic rings. The summed E-state index contributed by atoms with van der Waals surface area (Å²) in [6.07, 6.45) is 2.57. The number of likely N-dealkylation sites (tertiary alicyclic amines) is 1. The van der Waals surface area contributed by atoms with Crippen LogP contribution in [0.3, 0.4) is 0 Å². The average molecular weight is 553 g/mol. The van der Waals surface area contributed by atoms with Crippen molar-refractivity contribution in [2.45, 2.75) is 64.8 Å². The first-order valence-corrected chi connectivity index (χ1v) is 13.8. The minimum absolute atomic E-state index is 0.0673. The molecule has 40 heavy (non-hydrogen) atoms. The van der Waals surface area contributed by atoms with Crippen molar-refractivity contribution in [1.29, 1.82) is 5.26 Å². The van der Waals surface area contributed by atoms with Crippen molar-refractivity contribution in [2.75, 3.05) is 25.1 Å². The first kappa shape index (κ1) is 27.8. The van der Waals surface area contributed by atoms with Crippen LogP contribution in [0, 0.1) is 40.4 Å². The molecular weight excluding hydrogens is 516 g/mol. The van der Waals surface area contributed by atoms with Gasteiger partial charge in [-0.1, -0.05) is 27.7 Å². The number of ether oxygens (including phenoxy) is 2. The maximum absolute atomic E-state index is 13.8. The summed E-state index contributed by atoms with van der Waals surface area (Å²) < 4.78 is 11.1. The van der Waals surface area contributed by atoms with Gasteiger partial charge in [0.25, 0.3) is 5.91 Å². The maximum atomic E-state index is 13.8. The highest BCUT2D eigenvalue weighted by Crippen LogP contribution is 2.65. The van der Waals surface area contributed by atoms with E-state index < -0.39 is 36.0 Å². The number of nitrogens with one attached hydrogen (secondary N) is 3. The third-order valence-corrected chi connectivity index (χ3v) is 8.81. The number of nitrogens with zero attached hydrogens (tertiary/aromatic N) is 3. The van der Waals surface area contributed by atoms with E-state index in [-0.39, 0.29) is 47.3 Å². The second kappa shape index (κ2) is 10.7. The molecule has 4 amide bonds. The van der Waals surface area contributed by atoms with Gasteiger partial charge in [0.15, 0.2) is 6.10 Å². The Labute approximate surface area is 233 Å². The molecule has 1 saturated carbocycles. The monoisotopic (exact) mass is 552 g/mol. The zero-order valence-electron chi connectivity index (χ0n) is 23.2. The van der Waals surface area contributed by atoms with E-state index in [1.54, 1.807) is 11.0 Å². The molecule has 1 unspecified atom stereocenters. The summed E-state index contributed by atoms with van der Waals surface area (Å²) in [5.74, 6) is -1.40. The van der Waals surface area contributed by atoms with E-state index in [4.69, 9.17) is 9.47 Å². The standard InChI is InChI=1S/C28H36N6O6/c1-14(2)22(33-24(35)15-6-8-39-13-15)27(38)34-12-17-21(28(17,3)4)23(34)26(37)31-16(10-29)9-20-25(36)32-18-11-30-7-5-19(18)40-20/h5,7,11,14-17,20-23H,6,8-9,12-13H2,1-4H3,(H,31,37)(H,32,36)(H,33,35)/t15?,16-,17-,20-,21-,22-,23-/m0/s1. The molecule has 3 fully saturated rings. The van der Waals surface area contributed by atoms with Gasteiger partial charge >= 0.3 is 0 Å². The molecule has 214 valence electrons. The van der Waals surface area contributed by atoms with Crippen molar-refractivity contribution in [1.82, 2.24) is 20.5 Å². The summed E-state index contributed by atoms with van der Waals surface area (Å²) in [4.78, 5) is 58.4. The predicted octanol–water partition coefficient (Wildman–Crippen LogP) is 0.840. The fourth-order valence-electron chi connectivity index (χ4n) is 6.29. The summed E-state index contributed by atoms with van der Waals surface area (Å²) in [6, 6.07) is 1.08. The van der Waals surface area contributed by atoms with Gasteiger partial charge in [-0.3, -0.25) is 24.2 Å². The van der Waals surface area contributed by atoms with Crippen molar-refractivity contribution in [2.24, 2.45) is 29.1 Å². The lowest BCUT2D eigenvalue weighted by Gasteiger charge is -2.35. The largest absolute Gasteiger partial charge is 0.478 e. The Morgan fingerprint density at radius 1 is 1.27 bits per heavy atom. The molecule has 0 radical (unpaired) electrons. The van der Waals surface area contributed by atoms with Crippen LogP contribution >= 0.6 is 0 Å². The summed E-state index contributed by atoms with van der Waals surface area (Å²) >= 11 is 0. The van der Waals surface area contributed by atoms with Crippen LogP contribution in [0.2, 0.25) is 0 Å². The van der Waals surface area contributed by atoms with Gasteiger partial charge in [-0.25, -0.2) is 0 Å². The van der Waals surface area contributed by atoms with Crippen molar-refractivity contribution in [3.8, 4) is 11.8 Å². The van der Waals surface area contributed by atoms with Gasteiger partial charge < -0.3 is 30.3 Å². The van der Waals surface area contributed by atoms with E-state index >= 15 is 0 Å². The molecule has 7 atom stereocenters. The maximum Gasteiger partial charge on any atom is 0.265 e. The van der Waals surface area contributed by atoms with E-state index in [2.05, 4.69) is 40.9 Å². The molecule has 1 aromatic heterocycles. The van der Waals surface area contributed by atoms with E-state index in [9.17, 15) is 24.4 Å². The van der Waals surface area contributed by atoms with E-state index in [0.29, 0.717) is 37.6 Å². The van der Waals surface area contributed by atoms with Gasteiger partial charge in [-0.2, -0.15) is 5.26 Å². The Morgan fingerprint density at radius 2 is 2.05 bits per heavy atom. The summed E-state index contributed by atoms with van der Waals surface area (Å²) in [5, 5.41) is 18.2. The van der Waals surface area contributed by atoms with Gasteiger partial charge in [0, 0.05) is 31.8 Å². The Balaban J connectivity index is 1.28. The predicted molar refractivity (Wildman–Crippen MR) is 141 cm³/mol. The van der Waals surface area contributed by atoms with Crippen LogP contribution in [-0.2, 0) is 23.9 Å². The van der Waals surface area contributed by atoms with Crippen LogP contribution in [-0.4, -0.2) is 77.5 Å². The number of fused-ring (bicyclic) bond motifs is 2. The number of carbonyl (C=O) groups excluding carboxylic acids is 4. The number of hydrogen-bond acceptors (Lipinski definition) is 8. The van der Waals surface area contributed by atoms with E-state index in [1.165, 1.54) is 12.4 Å². The Bertz CT molecular complexity index is 1240. The van der Waals surface area contributed by atoms with Crippen LogP contribution < -0.4 is 20.7 Å². The Morgan fingerprint density at radius 3 is 2.73 bits per heavy atom. The molecule has 0 spiro atoms. The molecule has 12 heteroatoms. The second-order valence-electron chi connectivity index (χ2n) is 12.1. The first-order chi connectivity index (χ1) is 19.0. The molecule has 2 saturated heterocycles. The molecule has 12 nitrogen and oxygen atoms in total. The fourth-order valence-corrected chi connectivity index (χ4v) is 6.29. The van der Waals surface area contributed by atoms with Crippen molar-refractivity contribution in [3.63, 3.8) is 0 Å². The van der Waals surface area contributed by atoms with Crippen LogP contribution in [0.1, 0.15) is 40.5 Å². The second-order valence-corrected chi connectivity index (χ2v) is 12.1. The SMILES string of the molecule is CC(C)[C@H](NC(=O)C1CCOC1)C(=O)N1C[C@H]2[C@@H]([C@H]1C(=O)N[C@H](C#N)C[C@@H]1Oc3ccncc3NC1=O)C2(C)C. The molecule has 0 bridgehead atoms. The molecule has 0 aromatic carbocycles. The molecule has 3 aliphatic heterocycles. The number of piperidine rings is 1. The number of aromatic nitrogens is 1. The van der Waals surface area contributed by atoms with E-state index in [0.717, 1.165) is 0 Å². The Kier molecular flexibility index (Phi) is 7.44. The number of carbonyl (C=O) groups is 4. The highest BCUT2D eigenvalue weighted by atomic mass is 16.5. The minimum atomic E-state index is -1.02. The summed E-state index contributed by atoms with van der Waals surface area (Å²) in [5.41, 5.74) is 0.304. The molecule has 1 aliphatic carbocycles. The highest BCUT2D eigenvalue weighted by molar-refractivity contribution is 5.98. The molecule has 3 N–H and O–H groups in total. The van der Waals surface area contributed by atoms with Crippen molar-refractivity contribution in [3.05, 3.63) is 18.5 Å². The fraction of sp³-hybridized carbons (Fsp3) is 0.643. The van der Waals surface area contributed by atoms with Gasteiger partial charge in [-0.15, -0.1) is 0 Å². The number of nitriles is 1. The van der Waals surface area contributed by atoms with Crippen molar-refractivity contribution >= 4 is 29.3 Å². The molecular formula is C28H36N6O6. The topological polar surface area (TPSA) is 163 Å². The lowest BCUT2D eigenvalue weighted by atomic mass is 9.96. The van der Waals surface area contributed by atoms with E-state index in [1.807, 2.05) is 13.8 Å². The number of amides is 4. The molecule has 5 rings (SSSR count). The zero-order chi connectivity index (χ0) is 28.8. The van der Waals surface area contributed by atoms with Crippen LogP contribution in [0.4, 0.5) is 5.69 Å². The van der Waals surface area contributed by atoms with Crippen LogP contribution in [0.15, 0.2) is 18.5 Å². The third-order valence-electron chi connectivity index (χ3n) is 8.81. The lowest BCUT2D eigenvalue weighted by Crippen LogP contribution is -2.58. The Hall–Kier alpha value is -3.72. The number of rotatable bonds is 8. The van der Waals surface area contributed by atoms with Crippen LogP contribution in [0.25, 0.3) is 0 Å². The number of pyridine rings is 1. The number of anilines is 1. The third kappa shape index (κ3) is 5.10. The van der Waals surface area contributed by atoms with Gasteiger partial charge in [-0.05, 0) is 29.6 Å². The summed E-state index contributed by atoms with van der Waals surface area (Å²) in [7, 11) is 0. The molecule has 4 aliphatic rings. The summed E-state index contributed by atoms with van der Waals surface area (Å²) in [6.45, 7) is 9.11. The minimum Gasteiger partial charge on any atom is -0.478 e. The smallest absolute Gasteiger partial charge is 0.265 e.